The summed E-state index contributed by atoms with van der Waals surface area (Å²) in [7, 11) is 0. The van der Waals surface area contributed by atoms with E-state index in [1.54, 1.807) is 29.8 Å². The molecule has 4 aromatic rings. The van der Waals surface area contributed by atoms with E-state index in [1.807, 2.05) is 34.2 Å². The summed E-state index contributed by atoms with van der Waals surface area (Å²) >= 11 is 0. The van der Waals surface area contributed by atoms with Crippen molar-refractivity contribution in [2.45, 2.75) is 102 Å². The molecule has 6 amide bonds. The molecule has 5 fully saturated rings. The van der Waals surface area contributed by atoms with E-state index in [2.05, 4.69) is 30.4 Å². The number of carbonyl (C=O) groups excluding carboxylic acids is 6. The number of ketones is 1. The van der Waals surface area contributed by atoms with Gasteiger partial charge in [0, 0.05) is 82.4 Å². The lowest BCUT2D eigenvalue weighted by molar-refractivity contribution is -0.136. The Morgan fingerprint density at radius 1 is 0.742 bits per heavy atom. The van der Waals surface area contributed by atoms with Crippen LogP contribution in [0.1, 0.15) is 125 Å². The summed E-state index contributed by atoms with van der Waals surface area (Å²) in [4.78, 5) is 114. The van der Waals surface area contributed by atoms with Crippen LogP contribution in [0.2, 0.25) is 0 Å². The summed E-state index contributed by atoms with van der Waals surface area (Å²) < 4.78 is 1.71. The van der Waals surface area contributed by atoms with Gasteiger partial charge in [-0.1, -0.05) is 18.9 Å². The maximum Gasteiger partial charge on any atom is 0.319 e. The molecule has 0 spiro atoms. The second-order valence-electron chi connectivity index (χ2n) is 18.7. The Bertz CT molecular complexity index is 2690. The number of imide groups is 2. The van der Waals surface area contributed by atoms with Crippen molar-refractivity contribution in [3.63, 3.8) is 0 Å². The first-order chi connectivity index (χ1) is 31.9. The molecule has 1 saturated carbocycles. The van der Waals surface area contributed by atoms with Gasteiger partial charge in [0.2, 0.25) is 17.8 Å². The highest BCUT2D eigenvalue weighted by molar-refractivity contribution is 6.23. The minimum absolute atomic E-state index is 0.000276. The molecule has 1 aliphatic carbocycles. The van der Waals surface area contributed by atoms with Crippen LogP contribution >= 0.6 is 0 Å². The van der Waals surface area contributed by atoms with E-state index in [1.165, 1.54) is 6.92 Å². The minimum Gasteiger partial charge on any atom is -0.368 e. The number of Topliss-reactive ketones (excluding diaryl/α,β-unsaturated/α-hetero) is 1. The van der Waals surface area contributed by atoms with Crippen LogP contribution in [-0.4, -0.2) is 139 Å². The second-order valence-corrected chi connectivity index (χ2v) is 18.7. The highest BCUT2D eigenvalue weighted by Crippen LogP contribution is 2.35. The lowest BCUT2D eigenvalue weighted by Crippen LogP contribution is -2.55. The van der Waals surface area contributed by atoms with E-state index >= 15 is 0 Å². The number of amides is 6. The van der Waals surface area contributed by atoms with Crippen molar-refractivity contribution in [2.24, 2.45) is 0 Å². The number of aromatic nitrogens is 4. The van der Waals surface area contributed by atoms with Crippen molar-refractivity contribution in [1.82, 2.24) is 44.4 Å². The van der Waals surface area contributed by atoms with Crippen LogP contribution in [0.15, 0.2) is 47.5 Å². The van der Waals surface area contributed by atoms with E-state index in [0.717, 1.165) is 93.7 Å². The molecule has 3 aromatic heterocycles. The number of piperidine rings is 3. The Morgan fingerprint density at radius 3 is 2.11 bits per heavy atom. The van der Waals surface area contributed by atoms with Gasteiger partial charge in [-0.05, 0) is 100 Å². The summed E-state index contributed by atoms with van der Waals surface area (Å²) in [5.74, 6) is -1.24. The van der Waals surface area contributed by atoms with Crippen LogP contribution in [0.25, 0.3) is 11.0 Å². The molecule has 344 valence electrons. The van der Waals surface area contributed by atoms with Gasteiger partial charge < -0.3 is 20.0 Å². The number of hydrogen-bond donors (Lipinski definition) is 2. The number of benzene rings is 1. The van der Waals surface area contributed by atoms with Gasteiger partial charge in [-0.25, -0.2) is 14.8 Å². The fraction of sp³-hybridized carbons (Fsp3) is 0.500. The van der Waals surface area contributed by atoms with Crippen LogP contribution < -0.4 is 21.1 Å². The quantitative estimate of drug-likeness (QED) is 0.185. The number of nitrogens with zero attached hydrogens (tertiary/aromatic N) is 9. The van der Waals surface area contributed by atoms with Gasteiger partial charge in [-0.3, -0.25) is 48.5 Å². The Balaban J connectivity index is 0.689. The van der Waals surface area contributed by atoms with Crippen LogP contribution in [0, 0.1) is 6.92 Å². The monoisotopic (exact) mass is 897 g/mol. The van der Waals surface area contributed by atoms with Crippen molar-refractivity contribution in [3.05, 3.63) is 80.9 Å². The normalized spacial score (nSPS) is 21.5. The first-order valence-corrected chi connectivity index (χ1v) is 23.5. The zero-order chi connectivity index (χ0) is 45.8. The lowest BCUT2D eigenvalue weighted by Gasteiger charge is -2.44. The van der Waals surface area contributed by atoms with Crippen LogP contribution in [-0.2, 0) is 9.59 Å². The Morgan fingerprint density at radius 2 is 1.44 bits per heavy atom. The van der Waals surface area contributed by atoms with Gasteiger partial charge in [-0.2, -0.15) is 4.98 Å². The highest BCUT2D eigenvalue weighted by Gasteiger charge is 2.45. The third-order valence-corrected chi connectivity index (χ3v) is 14.9. The number of likely N-dealkylation sites (tertiary alicyclic amines) is 2. The molecule has 5 aliphatic heterocycles. The highest BCUT2D eigenvalue weighted by atomic mass is 16.2. The van der Waals surface area contributed by atoms with Gasteiger partial charge >= 0.3 is 6.03 Å². The van der Waals surface area contributed by atoms with Crippen molar-refractivity contribution < 1.29 is 28.8 Å². The standard InChI is InChI=1S/C48H55N11O7/c1-28-37-27-50-47(53-42(37)58(33-5-3-4-6-33)46(65)41(28)29(2)60)51-39-11-8-34(26-49-39)55-23-21-54(22-24-55)32-15-19-57(20-16-32)48(66)56-17-13-30(14-18-56)31-7-9-35-36(25-31)45(64)59(44(35)63)38-10-12-40(61)52-43(38)62/h7-9,11,25-27,30,32-33,38H,3-6,10,12-24H2,1-2H3,(H,52,61,62)(H,49,50,51,53). The fourth-order valence-corrected chi connectivity index (χ4v) is 11.2. The Labute approximate surface area is 381 Å². The third-order valence-electron chi connectivity index (χ3n) is 14.9. The molecule has 1 atom stereocenters. The van der Waals surface area contributed by atoms with Gasteiger partial charge in [0.25, 0.3) is 17.4 Å². The molecule has 66 heavy (non-hydrogen) atoms. The maximum atomic E-state index is 13.7. The molecule has 0 radical (unpaired) electrons. The van der Waals surface area contributed by atoms with Crippen molar-refractivity contribution >= 4 is 63.9 Å². The number of fused-ring (bicyclic) bond motifs is 2. The summed E-state index contributed by atoms with van der Waals surface area (Å²) in [6.07, 6.45) is 10.9. The summed E-state index contributed by atoms with van der Waals surface area (Å²) in [5, 5.41) is 6.16. The Hall–Kier alpha value is -6.56. The molecule has 2 N–H and O–H groups in total. The molecule has 1 unspecified atom stereocenters. The topological polar surface area (TPSA) is 203 Å². The molecule has 8 heterocycles. The van der Waals surface area contributed by atoms with Crippen molar-refractivity contribution in [1.29, 1.82) is 0 Å². The van der Waals surface area contributed by atoms with Gasteiger partial charge in [0.15, 0.2) is 5.78 Å². The van der Waals surface area contributed by atoms with E-state index in [0.29, 0.717) is 60.6 Å². The molecule has 10 rings (SSSR count). The average molecular weight is 898 g/mol. The summed E-state index contributed by atoms with van der Waals surface area (Å²) in [5.41, 5.74) is 3.61. The predicted octanol–water partition coefficient (Wildman–Crippen LogP) is 4.54. The SMILES string of the molecule is CC(=O)c1c(C)c2cnc(Nc3ccc(N4CCN(C5CCN(C(=O)N6CCC(c7ccc8c(c7)C(=O)N(C7CCC(=O)NC7=O)C8=O)CC6)CC5)CC4)cn3)nc2n(C2CCCC2)c1=O. The molecular formula is C48H55N11O7. The van der Waals surface area contributed by atoms with Crippen LogP contribution in [0.5, 0.6) is 0 Å². The average Bonchev–Trinajstić information content (AvgIpc) is 3.95. The molecule has 4 saturated heterocycles. The summed E-state index contributed by atoms with van der Waals surface area (Å²) in [6.45, 7) is 9.43. The van der Waals surface area contributed by atoms with Crippen LogP contribution in [0.4, 0.5) is 22.2 Å². The van der Waals surface area contributed by atoms with Gasteiger partial charge in [0.05, 0.1) is 28.6 Å². The maximum absolute atomic E-state index is 13.7. The Kier molecular flexibility index (Phi) is 11.6. The van der Waals surface area contributed by atoms with Crippen molar-refractivity contribution in [2.75, 3.05) is 62.6 Å². The molecular weight excluding hydrogens is 843 g/mol. The molecule has 18 nitrogen and oxygen atoms in total. The number of urea groups is 1. The number of hydrogen-bond acceptors (Lipinski definition) is 13. The number of aryl methyl sites for hydroxylation is 1. The predicted molar refractivity (Wildman–Crippen MR) is 244 cm³/mol. The smallest absolute Gasteiger partial charge is 0.319 e. The largest absolute Gasteiger partial charge is 0.368 e. The first-order valence-electron chi connectivity index (χ1n) is 23.5. The minimum atomic E-state index is -0.997. The first kappa shape index (κ1) is 43.3. The number of nitrogens with one attached hydrogen (secondary N) is 2. The summed E-state index contributed by atoms with van der Waals surface area (Å²) in [6, 6.07) is 8.77. The number of piperazine rings is 1. The van der Waals surface area contributed by atoms with Gasteiger partial charge in [0.1, 0.15) is 17.5 Å². The number of anilines is 3. The number of carbonyl (C=O) groups is 6. The molecule has 6 aliphatic rings. The fourth-order valence-electron chi connectivity index (χ4n) is 11.2. The van der Waals surface area contributed by atoms with Crippen molar-refractivity contribution in [3.8, 4) is 0 Å². The van der Waals surface area contributed by atoms with E-state index in [9.17, 15) is 33.6 Å². The van der Waals surface area contributed by atoms with E-state index < -0.39 is 29.7 Å². The van der Waals surface area contributed by atoms with Gasteiger partial charge in [-0.15, -0.1) is 0 Å². The lowest BCUT2D eigenvalue weighted by atomic mass is 9.88. The third kappa shape index (κ3) is 7.98. The van der Waals surface area contributed by atoms with E-state index in [-0.39, 0.29) is 58.9 Å². The number of rotatable bonds is 8. The van der Waals surface area contributed by atoms with E-state index in [4.69, 9.17) is 4.98 Å². The number of pyridine rings is 2. The second kappa shape index (κ2) is 17.7. The van der Waals surface area contributed by atoms with Crippen LogP contribution in [0.3, 0.4) is 0 Å². The molecule has 0 bridgehead atoms. The zero-order valence-electron chi connectivity index (χ0n) is 37.5. The zero-order valence-corrected chi connectivity index (χ0v) is 37.5. The molecule has 1 aromatic carbocycles. The molecule has 18 heteroatoms.